The van der Waals surface area contributed by atoms with Gasteiger partial charge in [-0.2, -0.15) is 0 Å². The Morgan fingerprint density at radius 1 is 0.826 bits per heavy atom. The molecule has 0 aromatic heterocycles. The molecule has 4 rings (SSSR count). The summed E-state index contributed by atoms with van der Waals surface area (Å²) in [4.78, 5) is 30.2. The van der Waals surface area contributed by atoms with Crippen molar-refractivity contribution in [1.29, 1.82) is 0 Å². The van der Waals surface area contributed by atoms with Gasteiger partial charge in [-0.1, -0.05) is 84.4 Å². The van der Waals surface area contributed by atoms with Crippen LogP contribution in [0.2, 0.25) is 0 Å². The van der Waals surface area contributed by atoms with E-state index in [0.717, 1.165) is 26.6 Å². The van der Waals surface area contributed by atoms with Gasteiger partial charge >= 0.3 is 0 Å². The molecule has 0 aliphatic heterocycles. The van der Waals surface area contributed by atoms with E-state index >= 15 is 0 Å². The van der Waals surface area contributed by atoms with Gasteiger partial charge in [0.2, 0.25) is 11.8 Å². The molecular formula is C37H43N3O5S. The maximum Gasteiger partial charge on any atom is 0.264 e. The number of aryl methyl sites for hydroxylation is 2. The van der Waals surface area contributed by atoms with Crippen molar-refractivity contribution < 1.29 is 22.7 Å². The number of hydrogen-bond donors (Lipinski definition) is 1. The molecule has 1 N–H and O–H groups in total. The molecule has 2 amide bonds. The van der Waals surface area contributed by atoms with Crippen LogP contribution in [0, 0.1) is 13.8 Å². The van der Waals surface area contributed by atoms with E-state index in [4.69, 9.17) is 4.74 Å². The molecule has 4 aromatic rings. The Kier molecular flexibility index (Phi) is 10.9. The largest absolute Gasteiger partial charge is 0.495 e. The minimum absolute atomic E-state index is 0.0357. The minimum atomic E-state index is -4.24. The number of anilines is 1. The Balaban J connectivity index is 1.85. The lowest BCUT2D eigenvalue weighted by molar-refractivity contribution is -0.140. The van der Waals surface area contributed by atoms with Crippen molar-refractivity contribution in [2.45, 2.75) is 64.1 Å². The van der Waals surface area contributed by atoms with Crippen LogP contribution in [0.15, 0.2) is 108 Å². The van der Waals surface area contributed by atoms with E-state index in [1.54, 1.807) is 36.4 Å². The fourth-order valence-corrected chi connectivity index (χ4v) is 6.59. The van der Waals surface area contributed by atoms with E-state index in [9.17, 15) is 18.0 Å². The molecule has 0 unspecified atom stereocenters. The Labute approximate surface area is 273 Å². The zero-order valence-corrected chi connectivity index (χ0v) is 28.2. The highest BCUT2D eigenvalue weighted by molar-refractivity contribution is 7.92. The predicted octanol–water partition coefficient (Wildman–Crippen LogP) is 6.06. The first-order valence-electron chi connectivity index (χ1n) is 15.2. The highest BCUT2D eigenvalue weighted by atomic mass is 32.2. The SMILES string of the molecule is COc1ccccc1N(CC(=O)N(Cc1ccccc1C)[C@@H](Cc1ccccc1)C(=O)NC(C)(C)C)S(=O)(=O)c1ccc(C)cc1. The summed E-state index contributed by atoms with van der Waals surface area (Å²) >= 11 is 0. The van der Waals surface area contributed by atoms with Crippen LogP contribution in [0.3, 0.4) is 0 Å². The summed E-state index contributed by atoms with van der Waals surface area (Å²) in [6.07, 6.45) is 0.236. The van der Waals surface area contributed by atoms with Crippen LogP contribution in [0.4, 0.5) is 5.69 Å². The molecule has 242 valence electrons. The van der Waals surface area contributed by atoms with Gasteiger partial charge < -0.3 is 15.0 Å². The van der Waals surface area contributed by atoms with Crippen molar-refractivity contribution >= 4 is 27.5 Å². The Morgan fingerprint density at radius 2 is 1.43 bits per heavy atom. The highest BCUT2D eigenvalue weighted by Crippen LogP contribution is 2.33. The number of sulfonamides is 1. The van der Waals surface area contributed by atoms with E-state index in [1.807, 2.05) is 89.2 Å². The Hall–Kier alpha value is -4.63. The van der Waals surface area contributed by atoms with Gasteiger partial charge in [-0.15, -0.1) is 0 Å². The molecule has 0 heterocycles. The number of methoxy groups -OCH3 is 1. The average molecular weight is 642 g/mol. The number of nitrogens with zero attached hydrogens (tertiary/aromatic N) is 2. The lowest BCUT2D eigenvalue weighted by Gasteiger charge is -2.35. The number of amides is 2. The fraction of sp³-hybridized carbons (Fsp3) is 0.297. The molecular weight excluding hydrogens is 598 g/mol. The first-order chi connectivity index (χ1) is 21.8. The van der Waals surface area contributed by atoms with E-state index < -0.39 is 34.1 Å². The summed E-state index contributed by atoms with van der Waals surface area (Å²) in [6.45, 7) is 9.02. The molecule has 0 saturated heterocycles. The number of carbonyl (C=O) groups excluding carboxylic acids is 2. The Morgan fingerprint density at radius 3 is 2.07 bits per heavy atom. The molecule has 9 heteroatoms. The summed E-state index contributed by atoms with van der Waals surface area (Å²) < 4.78 is 35.2. The van der Waals surface area contributed by atoms with Crippen molar-refractivity contribution in [3.63, 3.8) is 0 Å². The lowest BCUT2D eigenvalue weighted by Crippen LogP contribution is -2.56. The van der Waals surface area contributed by atoms with Gasteiger partial charge in [-0.25, -0.2) is 8.42 Å². The average Bonchev–Trinajstić information content (AvgIpc) is 3.02. The van der Waals surface area contributed by atoms with Gasteiger partial charge in [0.1, 0.15) is 18.3 Å². The van der Waals surface area contributed by atoms with E-state index in [1.165, 1.54) is 24.1 Å². The number of benzene rings is 4. The van der Waals surface area contributed by atoms with Crippen LogP contribution in [-0.4, -0.2) is 50.4 Å². The van der Waals surface area contributed by atoms with Crippen molar-refractivity contribution in [3.8, 4) is 5.75 Å². The number of nitrogens with one attached hydrogen (secondary N) is 1. The second-order valence-electron chi connectivity index (χ2n) is 12.4. The van der Waals surface area contributed by atoms with E-state index in [0.29, 0.717) is 5.75 Å². The molecule has 0 fully saturated rings. The maximum absolute atomic E-state index is 14.7. The van der Waals surface area contributed by atoms with Crippen LogP contribution in [0.5, 0.6) is 5.75 Å². The summed E-state index contributed by atoms with van der Waals surface area (Å²) in [6, 6.07) is 29.4. The van der Waals surface area contributed by atoms with Crippen LogP contribution in [0.25, 0.3) is 0 Å². The van der Waals surface area contributed by atoms with Gasteiger partial charge in [-0.3, -0.25) is 13.9 Å². The van der Waals surface area contributed by atoms with Crippen molar-refractivity contribution in [3.05, 3.63) is 125 Å². The first kappa shape index (κ1) is 34.2. The Bertz CT molecular complexity index is 1750. The van der Waals surface area contributed by atoms with Crippen LogP contribution >= 0.6 is 0 Å². The molecule has 0 aliphatic carbocycles. The quantitative estimate of drug-likeness (QED) is 0.203. The van der Waals surface area contributed by atoms with Gasteiger partial charge in [0, 0.05) is 18.5 Å². The van der Waals surface area contributed by atoms with Crippen molar-refractivity contribution in [1.82, 2.24) is 10.2 Å². The molecule has 0 radical (unpaired) electrons. The minimum Gasteiger partial charge on any atom is -0.495 e. The summed E-state index contributed by atoms with van der Waals surface area (Å²) in [5.74, 6) is -0.568. The molecule has 0 bridgehead atoms. The fourth-order valence-electron chi connectivity index (χ4n) is 5.16. The normalized spacial score (nSPS) is 12.2. The molecule has 0 aliphatic rings. The number of hydrogen-bond acceptors (Lipinski definition) is 5. The molecule has 8 nitrogen and oxygen atoms in total. The summed E-state index contributed by atoms with van der Waals surface area (Å²) in [5.41, 5.74) is 3.21. The van der Waals surface area contributed by atoms with E-state index in [-0.39, 0.29) is 29.5 Å². The van der Waals surface area contributed by atoms with Crippen LogP contribution in [0.1, 0.15) is 43.0 Å². The lowest BCUT2D eigenvalue weighted by atomic mass is 10.00. The molecule has 4 aromatic carbocycles. The van der Waals surface area contributed by atoms with Crippen molar-refractivity contribution in [2.75, 3.05) is 18.0 Å². The van der Waals surface area contributed by atoms with Crippen molar-refractivity contribution in [2.24, 2.45) is 0 Å². The highest BCUT2D eigenvalue weighted by Gasteiger charge is 2.36. The van der Waals surface area contributed by atoms with Gasteiger partial charge in [0.15, 0.2) is 0 Å². The zero-order valence-electron chi connectivity index (χ0n) is 27.4. The van der Waals surface area contributed by atoms with Gasteiger partial charge in [0.25, 0.3) is 10.0 Å². The molecule has 0 spiro atoms. The number of rotatable bonds is 12. The third-order valence-electron chi connectivity index (χ3n) is 7.61. The predicted molar refractivity (Wildman–Crippen MR) is 182 cm³/mol. The van der Waals surface area contributed by atoms with Gasteiger partial charge in [0.05, 0.1) is 17.7 Å². The second kappa shape index (κ2) is 14.6. The third-order valence-corrected chi connectivity index (χ3v) is 9.39. The molecule has 1 atom stereocenters. The standard InChI is InChI=1S/C37H43N3O5S/c1-27-20-22-31(23-21-27)46(43,44)40(32-18-12-13-19-34(32)45-6)26-35(41)39(25-30-17-11-10-14-28(30)2)33(36(42)38-37(3,4)5)24-29-15-8-7-9-16-29/h7-23,33H,24-26H2,1-6H3,(H,38,42)/t33-/m0/s1. The molecule has 46 heavy (non-hydrogen) atoms. The number of para-hydroxylation sites is 2. The van der Waals surface area contributed by atoms with Crippen LogP contribution in [-0.2, 0) is 32.6 Å². The second-order valence-corrected chi connectivity index (χ2v) is 14.3. The topological polar surface area (TPSA) is 96.0 Å². The third kappa shape index (κ3) is 8.54. The van der Waals surface area contributed by atoms with Gasteiger partial charge in [-0.05, 0) is 75.6 Å². The number of ether oxygens (including phenoxy) is 1. The van der Waals surface area contributed by atoms with Crippen LogP contribution < -0.4 is 14.4 Å². The monoisotopic (exact) mass is 641 g/mol. The molecule has 0 saturated carbocycles. The summed E-state index contributed by atoms with van der Waals surface area (Å²) in [5, 5.41) is 3.06. The summed E-state index contributed by atoms with van der Waals surface area (Å²) in [7, 11) is -2.79. The first-order valence-corrected chi connectivity index (χ1v) is 16.7. The zero-order chi connectivity index (χ0) is 33.5. The van der Waals surface area contributed by atoms with E-state index in [2.05, 4.69) is 5.32 Å². The smallest absolute Gasteiger partial charge is 0.264 e. The number of carbonyl (C=O) groups is 2. The maximum atomic E-state index is 14.7.